The molecule has 0 radical (unpaired) electrons. The normalized spacial score (nSPS) is 24.3. The molecule has 0 saturated carbocycles. The van der Waals surface area contributed by atoms with Gasteiger partial charge in [0.25, 0.3) is 0 Å². The number of urea groups is 1. The number of phenolic OH excluding ortho intramolecular Hbond substituents is 1. The zero-order valence-corrected chi connectivity index (χ0v) is 31.2. The van der Waals surface area contributed by atoms with Crippen molar-refractivity contribution in [3.8, 4) is 5.75 Å². The number of benzene rings is 2. The number of carboxylic acids is 1. The maximum atomic E-state index is 14.1. The van der Waals surface area contributed by atoms with Crippen LogP contribution in [0, 0.1) is 11.8 Å². The number of ether oxygens (including phenoxy) is 1. The topological polar surface area (TPSA) is 143 Å². The Bertz CT molecular complexity index is 1560. The number of hydrogen-bond acceptors (Lipinski definition) is 8. The van der Waals surface area contributed by atoms with Crippen molar-refractivity contribution in [2.75, 3.05) is 51.1 Å². The Morgan fingerprint density at radius 2 is 1.62 bits per heavy atom. The van der Waals surface area contributed by atoms with Crippen LogP contribution in [0.15, 0.2) is 45.3 Å². The lowest BCUT2D eigenvalue weighted by Crippen LogP contribution is -2.69. The monoisotopic (exact) mass is 817 g/mol. The molecule has 0 spiro atoms. The average molecular weight is 820 g/mol. The Balaban J connectivity index is 1.21. The minimum absolute atomic E-state index is 0.0249. The van der Waals surface area contributed by atoms with Crippen molar-refractivity contribution in [1.29, 1.82) is 0 Å². The van der Waals surface area contributed by atoms with E-state index in [-0.39, 0.29) is 37.4 Å². The van der Waals surface area contributed by atoms with Crippen molar-refractivity contribution in [3.63, 3.8) is 0 Å². The number of carbonyl (C=O) groups excluding carboxylic acids is 3. The number of carbonyl (C=O) groups is 4. The zero-order chi connectivity index (χ0) is 35.4. The fourth-order valence-corrected chi connectivity index (χ4v) is 9.86. The summed E-state index contributed by atoms with van der Waals surface area (Å²) in [7, 11) is 0. The molecular formula is C36H45Br2N5O7. The van der Waals surface area contributed by atoms with E-state index in [1.54, 1.807) is 17.0 Å². The number of nitrogens with zero attached hydrogens (tertiary/aromatic N) is 4. The van der Waals surface area contributed by atoms with Crippen molar-refractivity contribution < 1.29 is 34.1 Å². The van der Waals surface area contributed by atoms with Gasteiger partial charge in [-0.15, -0.1) is 0 Å². The quantitative estimate of drug-likeness (QED) is 0.264. The first-order valence-corrected chi connectivity index (χ1v) is 19.1. The molecule has 2 atom stereocenters. The standard InChI is InChI=1S/C36H45Br2N5O7/c37-29-19-24(20-30(38)33(29)47)23-50-35(49)43-17-10-28(42-16-9-27-3-1-2-4-31(27)39-34(42)48)21-36(43,11-18-44)41-14-7-26(8-15-41)25-5-12-40(13-6-25)22-32(45)46/h1-4,18-20,25-26,28,47H,5-17,21-23H2,(H,39,48)(H,45,46)/t28-,36+/m1/s1. The molecule has 50 heavy (non-hydrogen) atoms. The first kappa shape index (κ1) is 36.6. The van der Waals surface area contributed by atoms with Gasteiger partial charge in [-0.05, 0) is 125 Å². The third-order valence-electron chi connectivity index (χ3n) is 11.2. The lowest BCUT2D eigenvalue weighted by atomic mass is 9.77. The summed E-state index contributed by atoms with van der Waals surface area (Å²) in [6.45, 7) is 3.85. The molecule has 3 N–H and O–H groups in total. The number of nitrogens with one attached hydrogen (secondary N) is 1. The van der Waals surface area contributed by atoms with Gasteiger partial charge in [-0.2, -0.15) is 0 Å². The molecule has 2 aromatic rings. The average Bonchev–Trinajstić information content (AvgIpc) is 3.27. The van der Waals surface area contributed by atoms with Crippen LogP contribution in [0.1, 0.15) is 56.1 Å². The molecule has 3 fully saturated rings. The Morgan fingerprint density at radius 3 is 2.28 bits per heavy atom. The van der Waals surface area contributed by atoms with Crippen molar-refractivity contribution in [1.82, 2.24) is 19.6 Å². The number of para-hydroxylation sites is 1. The van der Waals surface area contributed by atoms with E-state index >= 15 is 0 Å². The SMILES string of the molecule is O=CC[C@@]1(N2CCC(C3CCN(CC(=O)O)CC3)CC2)C[C@H](N2CCc3ccccc3NC2=O)CCN1C(=O)OCc1cc(Br)c(O)c(Br)c1. The number of piperidine rings is 3. The second-order valence-electron chi connectivity index (χ2n) is 14.0. The van der Waals surface area contributed by atoms with Gasteiger partial charge >= 0.3 is 18.1 Å². The summed E-state index contributed by atoms with van der Waals surface area (Å²) in [6, 6.07) is 10.8. The van der Waals surface area contributed by atoms with Crippen LogP contribution in [-0.2, 0) is 27.4 Å². The molecule has 3 amide bonds. The summed E-state index contributed by atoms with van der Waals surface area (Å²) < 4.78 is 6.86. The summed E-state index contributed by atoms with van der Waals surface area (Å²) in [6.07, 6.45) is 5.86. The number of carboxylic acid groups (broad SMARTS) is 1. The third-order valence-corrected chi connectivity index (χ3v) is 12.4. The van der Waals surface area contributed by atoms with Crippen molar-refractivity contribution in [2.24, 2.45) is 11.8 Å². The van der Waals surface area contributed by atoms with Gasteiger partial charge in [-0.3, -0.25) is 19.5 Å². The van der Waals surface area contributed by atoms with Crippen LogP contribution in [0.5, 0.6) is 5.75 Å². The van der Waals surface area contributed by atoms with Crippen LogP contribution in [0.25, 0.3) is 0 Å². The second-order valence-corrected chi connectivity index (χ2v) is 15.7. The van der Waals surface area contributed by atoms with Crippen LogP contribution >= 0.6 is 31.9 Å². The van der Waals surface area contributed by atoms with Gasteiger partial charge in [-0.25, -0.2) is 9.59 Å². The van der Waals surface area contributed by atoms with Gasteiger partial charge in [0.05, 0.1) is 15.5 Å². The predicted octanol–water partition coefficient (Wildman–Crippen LogP) is 5.90. The third kappa shape index (κ3) is 7.98. The minimum Gasteiger partial charge on any atom is -0.506 e. The van der Waals surface area contributed by atoms with E-state index < -0.39 is 17.7 Å². The largest absolute Gasteiger partial charge is 0.506 e. The molecule has 4 aliphatic heterocycles. The Morgan fingerprint density at radius 1 is 0.960 bits per heavy atom. The van der Waals surface area contributed by atoms with Crippen molar-refractivity contribution in [2.45, 2.75) is 69.7 Å². The first-order valence-electron chi connectivity index (χ1n) is 17.5. The number of fused-ring (bicyclic) bond motifs is 1. The van der Waals surface area contributed by atoms with E-state index in [1.807, 2.05) is 34.1 Å². The smallest absolute Gasteiger partial charge is 0.411 e. The predicted molar refractivity (Wildman–Crippen MR) is 194 cm³/mol. The number of rotatable bonds is 9. The molecule has 0 aromatic heterocycles. The number of aromatic hydroxyl groups is 1. The fraction of sp³-hybridized carbons (Fsp3) is 0.556. The van der Waals surface area contributed by atoms with Gasteiger partial charge in [0.2, 0.25) is 0 Å². The minimum atomic E-state index is -0.979. The molecule has 14 heteroatoms. The lowest BCUT2D eigenvalue weighted by molar-refractivity contribution is -0.138. The summed E-state index contributed by atoms with van der Waals surface area (Å²) in [4.78, 5) is 59.4. The van der Waals surface area contributed by atoms with Gasteiger partial charge in [0, 0.05) is 50.7 Å². The van der Waals surface area contributed by atoms with Gasteiger partial charge in [0.1, 0.15) is 24.3 Å². The van der Waals surface area contributed by atoms with Crippen LogP contribution in [-0.4, -0.2) is 112 Å². The lowest BCUT2D eigenvalue weighted by Gasteiger charge is -2.57. The number of likely N-dealkylation sites (tertiary alicyclic amines) is 3. The van der Waals surface area contributed by atoms with E-state index in [4.69, 9.17) is 4.74 Å². The highest BCUT2D eigenvalue weighted by molar-refractivity contribution is 9.11. The summed E-state index contributed by atoms with van der Waals surface area (Å²) in [5.41, 5.74) is 1.59. The number of hydrogen-bond donors (Lipinski definition) is 3. The highest BCUT2D eigenvalue weighted by Crippen LogP contribution is 2.42. The summed E-state index contributed by atoms with van der Waals surface area (Å²) >= 11 is 6.68. The van der Waals surface area contributed by atoms with E-state index in [9.17, 15) is 29.4 Å². The maximum absolute atomic E-state index is 14.1. The van der Waals surface area contributed by atoms with E-state index in [0.717, 1.165) is 56.3 Å². The van der Waals surface area contributed by atoms with E-state index in [2.05, 4.69) is 42.1 Å². The summed E-state index contributed by atoms with van der Waals surface area (Å²) in [5, 5.41) is 22.4. The highest BCUT2D eigenvalue weighted by Gasteiger charge is 2.52. The van der Waals surface area contributed by atoms with Crippen LogP contribution in [0.3, 0.4) is 0 Å². The number of aldehydes is 1. The molecule has 12 nitrogen and oxygen atoms in total. The van der Waals surface area contributed by atoms with Crippen molar-refractivity contribution in [3.05, 3.63) is 56.5 Å². The van der Waals surface area contributed by atoms with Gasteiger partial charge in [0.15, 0.2) is 0 Å². The molecule has 0 unspecified atom stereocenters. The molecule has 2 aromatic carbocycles. The fourth-order valence-electron chi connectivity index (χ4n) is 8.58. The Kier molecular flexibility index (Phi) is 11.7. The van der Waals surface area contributed by atoms with Crippen LogP contribution in [0.4, 0.5) is 15.3 Å². The second kappa shape index (κ2) is 16.0. The number of amides is 3. The number of phenols is 1. The van der Waals surface area contributed by atoms with Gasteiger partial charge in [-0.1, -0.05) is 18.2 Å². The first-order chi connectivity index (χ1) is 24.1. The number of halogens is 2. The molecule has 6 rings (SSSR count). The number of anilines is 1. The Labute approximate surface area is 309 Å². The highest BCUT2D eigenvalue weighted by atomic mass is 79.9. The van der Waals surface area contributed by atoms with E-state index in [0.29, 0.717) is 71.8 Å². The number of aliphatic carboxylic acids is 1. The zero-order valence-electron chi connectivity index (χ0n) is 28.1. The molecule has 3 saturated heterocycles. The molecule has 4 aliphatic rings. The molecular weight excluding hydrogens is 774 g/mol. The van der Waals surface area contributed by atoms with Crippen LogP contribution < -0.4 is 5.32 Å². The summed E-state index contributed by atoms with van der Waals surface area (Å²) in [5.74, 6) is 0.252. The maximum Gasteiger partial charge on any atom is 0.411 e. The molecule has 0 aliphatic carbocycles. The van der Waals surface area contributed by atoms with Gasteiger partial charge < -0.3 is 30.0 Å². The van der Waals surface area contributed by atoms with Crippen molar-refractivity contribution >= 4 is 61.9 Å². The molecule has 0 bridgehead atoms. The molecule has 4 heterocycles. The Hall–Kier alpha value is -3.20. The van der Waals surface area contributed by atoms with Crippen LogP contribution in [0.2, 0.25) is 0 Å². The molecule has 270 valence electrons. The van der Waals surface area contributed by atoms with E-state index in [1.165, 1.54) is 0 Å².